The summed E-state index contributed by atoms with van der Waals surface area (Å²) < 4.78 is 12.3. The van der Waals surface area contributed by atoms with Crippen LogP contribution in [0.25, 0.3) is 0 Å². The Labute approximate surface area is 160 Å². The van der Waals surface area contributed by atoms with E-state index in [4.69, 9.17) is 19.5 Å². The smallest absolute Gasteiger partial charge is 0.200 e. The zero-order valence-corrected chi connectivity index (χ0v) is 15.4. The zero-order chi connectivity index (χ0) is 18.1. The van der Waals surface area contributed by atoms with Crippen molar-refractivity contribution in [2.45, 2.75) is 37.8 Å². The molecule has 27 heavy (non-hydrogen) atoms. The highest BCUT2D eigenvalue weighted by Gasteiger charge is 2.50. The maximum atomic E-state index is 6.15. The summed E-state index contributed by atoms with van der Waals surface area (Å²) in [5.74, 6) is 1.67. The molecule has 138 valence electrons. The first-order valence-electron chi connectivity index (χ1n) is 9.87. The second-order valence-electron chi connectivity index (χ2n) is 7.63. The molecule has 0 radical (unpaired) electrons. The lowest BCUT2D eigenvalue weighted by atomic mass is 9.85. The van der Waals surface area contributed by atoms with Crippen LogP contribution in [0.4, 0.5) is 0 Å². The highest BCUT2D eigenvalue weighted by Crippen LogP contribution is 2.46. The van der Waals surface area contributed by atoms with Crippen molar-refractivity contribution < 1.29 is 9.47 Å². The van der Waals surface area contributed by atoms with Crippen LogP contribution < -0.4 is 0 Å². The van der Waals surface area contributed by atoms with E-state index < -0.39 is 0 Å². The molecule has 0 bridgehead atoms. The van der Waals surface area contributed by atoms with Gasteiger partial charge in [-0.25, -0.2) is 9.98 Å². The molecule has 4 nitrogen and oxygen atoms in total. The van der Waals surface area contributed by atoms with Crippen molar-refractivity contribution in [2.75, 3.05) is 13.2 Å². The molecule has 0 spiro atoms. The Morgan fingerprint density at radius 1 is 0.667 bits per heavy atom. The minimum atomic E-state index is -0.271. The second kappa shape index (κ2) is 6.84. The summed E-state index contributed by atoms with van der Waals surface area (Å²) in [7, 11) is 0. The highest BCUT2D eigenvalue weighted by molar-refractivity contribution is 6.06. The fourth-order valence-corrected chi connectivity index (χ4v) is 4.46. The van der Waals surface area contributed by atoms with Gasteiger partial charge < -0.3 is 9.47 Å². The van der Waals surface area contributed by atoms with Gasteiger partial charge in [0.15, 0.2) is 11.8 Å². The molecule has 3 aliphatic rings. The summed E-state index contributed by atoms with van der Waals surface area (Å²) >= 11 is 0. The van der Waals surface area contributed by atoms with Gasteiger partial charge in [0.05, 0.1) is 0 Å². The van der Waals surface area contributed by atoms with E-state index in [1.165, 1.54) is 11.1 Å². The Bertz CT molecular complexity index is 787. The third kappa shape index (κ3) is 2.93. The summed E-state index contributed by atoms with van der Waals surface area (Å²) in [5.41, 5.74) is 2.14. The summed E-state index contributed by atoms with van der Waals surface area (Å²) in [6.45, 7) is 1.22. The molecular formula is C23H24N2O2. The lowest BCUT2D eigenvalue weighted by molar-refractivity contribution is 0.253. The van der Waals surface area contributed by atoms with Crippen molar-refractivity contribution in [3.63, 3.8) is 0 Å². The molecule has 0 amide bonds. The van der Waals surface area contributed by atoms with Crippen molar-refractivity contribution in [3.8, 4) is 0 Å². The number of ether oxygens (including phenoxy) is 2. The van der Waals surface area contributed by atoms with Crippen LogP contribution in [0.5, 0.6) is 0 Å². The fourth-order valence-electron chi connectivity index (χ4n) is 4.46. The molecular weight excluding hydrogens is 336 g/mol. The van der Waals surface area contributed by atoms with Gasteiger partial charge in [0.25, 0.3) is 0 Å². The van der Waals surface area contributed by atoms with E-state index in [0.717, 1.165) is 37.5 Å². The van der Waals surface area contributed by atoms with Crippen LogP contribution in [0, 0.1) is 5.41 Å². The van der Waals surface area contributed by atoms with Crippen molar-refractivity contribution >= 4 is 11.8 Å². The van der Waals surface area contributed by atoms with Crippen LogP contribution in [-0.4, -0.2) is 25.0 Å². The van der Waals surface area contributed by atoms with E-state index in [2.05, 4.69) is 48.5 Å². The van der Waals surface area contributed by atoms with Gasteiger partial charge in [-0.15, -0.1) is 0 Å². The van der Waals surface area contributed by atoms with Crippen LogP contribution >= 0.6 is 0 Å². The lowest BCUT2D eigenvalue weighted by Gasteiger charge is -2.26. The molecule has 0 N–H and O–H groups in total. The maximum Gasteiger partial charge on any atom is 0.200 e. The number of benzene rings is 2. The SMILES string of the molecule is c1ccc(C2COC(C3(C4=NC(c5ccccc5)CO4)CCCC3)=N2)cc1. The Morgan fingerprint density at radius 2 is 1.11 bits per heavy atom. The van der Waals surface area contributed by atoms with E-state index in [1.807, 2.05) is 12.1 Å². The largest absolute Gasteiger partial charge is 0.478 e. The average Bonchev–Trinajstić information content (AvgIpc) is 3.49. The molecule has 2 heterocycles. The van der Waals surface area contributed by atoms with Crippen molar-refractivity contribution in [1.29, 1.82) is 0 Å². The summed E-state index contributed by atoms with van der Waals surface area (Å²) in [6, 6.07) is 20.9. The Kier molecular flexibility index (Phi) is 4.19. The molecule has 2 aromatic rings. The second-order valence-corrected chi connectivity index (χ2v) is 7.63. The Balaban J connectivity index is 1.45. The molecule has 2 aliphatic heterocycles. The van der Waals surface area contributed by atoms with Crippen molar-refractivity contribution in [3.05, 3.63) is 71.8 Å². The van der Waals surface area contributed by atoms with Crippen LogP contribution in [0.1, 0.15) is 48.9 Å². The number of rotatable bonds is 4. The predicted molar refractivity (Wildman–Crippen MR) is 106 cm³/mol. The Morgan fingerprint density at radius 3 is 1.56 bits per heavy atom. The monoisotopic (exact) mass is 360 g/mol. The molecule has 2 unspecified atom stereocenters. The molecule has 0 saturated heterocycles. The third-order valence-corrected chi connectivity index (χ3v) is 5.95. The molecule has 1 fully saturated rings. The predicted octanol–water partition coefficient (Wildman–Crippen LogP) is 4.89. The van der Waals surface area contributed by atoms with Gasteiger partial charge in [-0.3, -0.25) is 0 Å². The van der Waals surface area contributed by atoms with Gasteiger partial charge in [-0.1, -0.05) is 73.5 Å². The highest BCUT2D eigenvalue weighted by atomic mass is 16.5. The lowest BCUT2D eigenvalue weighted by Crippen LogP contribution is -2.37. The number of hydrogen-bond acceptors (Lipinski definition) is 4. The first-order chi connectivity index (χ1) is 13.4. The van der Waals surface area contributed by atoms with E-state index in [1.54, 1.807) is 0 Å². The maximum absolute atomic E-state index is 6.15. The standard InChI is InChI=1S/C23H24N2O2/c1-3-9-17(10-4-1)19-15-26-21(24-19)23(13-7-8-14-23)22-25-20(16-27-22)18-11-5-2-6-12-18/h1-6,9-12,19-20H,7-8,13-16H2. The minimum Gasteiger partial charge on any atom is -0.478 e. The van der Waals surface area contributed by atoms with Gasteiger partial charge in [-0.2, -0.15) is 0 Å². The molecule has 4 heteroatoms. The number of nitrogens with zero attached hydrogens (tertiary/aromatic N) is 2. The first-order valence-corrected chi connectivity index (χ1v) is 9.87. The average molecular weight is 360 g/mol. The fraction of sp³-hybridized carbons (Fsp3) is 0.391. The zero-order valence-electron chi connectivity index (χ0n) is 15.4. The topological polar surface area (TPSA) is 43.2 Å². The molecule has 2 atom stereocenters. The third-order valence-electron chi connectivity index (χ3n) is 5.95. The van der Waals surface area contributed by atoms with Crippen LogP contribution in [0.15, 0.2) is 70.6 Å². The van der Waals surface area contributed by atoms with Gasteiger partial charge in [0, 0.05) is 0 Å². The number of hydrogen-bond donors (Lipinski definition) is 0. The minimum absolute atomic E-state index is 0.0746. The van der Waals surface area contributed by atoms with Gasteiger partial charge in [0.1, 0.15) is 30.7 Å². The van der Waals surface area contributed by atoms with Crippen molar-refractivity contribution in [2.24, 2.45) is 15.4 Å². The summed E-state index contributed by atoms with van der Waals surface area (Å²) in [5, 5.41) is 0. The molecule has 2 aromatic carbocycles. The molecule has 1 aliphatic carbocycles. The summed E-state index contributed by atoms with van der Waals surface area (Å²) in [6.07, 6.45) is 4.34. The van der Waals surface area contributed by atoms with E-state index in [9.17, 15) is 0 Å². The van der Waals surface area contributed by atoms with E-state index >= 15 is 0 Å². The van der Waals surface area contributed by atoms with Gasteiger partial charge in [-0.05, 0) is 24.0 Å². The van der Waals surface area contributed by atoms with Crippen LogP contribution in [-0.2, 0) is 9.47 Å². The van der Waals surface area contributed by atoms with E-state index in [-0.39, 0.29) is 17.5 Å². The van der Waals surface area contributed by atoms with Gasteiger partial charge >= 0.3 is 0 Å². The summed E-state index contributed by atoms with van der Waals surface area (Å²) in [4.78, 5) is 9.98. The number of aliphatic imine (C=N–C) groups is 2. The van der Waals surface area contributed by atoms with Gasteiger partial charge in [0.2, 0.25) is 0 Å². The van der Waals surface area contributed by atoms with E-state index in [0.29, 0.717) is 13.2 Å². The molecule has 0 aromatic heterocycles. The quantitative estimate of drug-likeness (QED) is 0.779. The van der Waals surface area contributed by atoms with Crippen molar-refractivity contribution in [1.82, 2.24) is 0 Å². The Hall–Kier alpha value is -2.62. The van der Waals surface area contributed by atoms with Crippen LogP contribution in [0.3, 0.4) is 0 Å². The molecule has 5 rings (SSSR count). The first kappa shape index (κ1) is 16.5. The normalized spacial score (nSPS) is 26.2. The molecule has 1 saturated carbocycles. The van der Waals surface area contributed by atoms with Crippen LogP contribution in [0.2, 0.25) is 0 Å².